The Morgan fingerprint density at radius 1 is 1.27 bits per heavy atom. The van der Waals surface area contributed by atoms with E-state index < -0.39 is 0 Å². The van der Waals surface area contributed by atoms with Gasteiger partial charge in [-0.1, -0.05) is 6.92 Å². The molecule has 0 aromatic rings. The van der Waals surface area contributed by atoms with E-state index in [9.17, 15) is 0 Å². The van der Waals surface area contributed by atoms with E-state index in [1.807, 2.05) is 0 Å². The molecule has 0 aromatic carbocycles. The summed E-state index contributed by atoms with van der Waals surface area (Å²) in [7, 11) is 2.21. The summed E-state index contributed by atoms with van der Waals surface area (Å²) in [6, 6.07) is 0. The van der Waals surface area contributed by atoms with Crippen LogP contribution in [0.5, 0.6) is 0 Å². The Balaban J connectivity index is 1.94. The molecule has 0 N–H and O–H groups in total. The minimum atomic E-state index is 0.153. The van der Waals surface area contributed by atoms with Crippen molar-refractivity contribution in [2.45, 2.75) is 31.8 Å². The van der Waals surface area contributed by atoms with Gasteiger partial charge in [-0.25, -0.2) is 0 Å². The van der Waals surface area contributed by atoms with E-state index in [2.05, 4.69) is 23.8 Å². The lowest BCUT2D eigenvalue weighted by Gasteiger charge is -2.47. The molecular weight excluding hydrogens is 188 g/mol. The van der Waals surface area contributed by atoms with Crippen LogP contribution in [0.2, 0.25) is 0 Å². The number of morpholine rings is 1. The van der Waals surface area contributed by atoms with Gasteiger partial charge in [0.05, 0.1) is 12.2 Å². The summed E-state index contributed by atoms with van der Waals surface area (Å²) in [4.78, 5) is 4.99. The van der Waals surface area contributed by atoms with Gasteiger partial charge in [-0.15, -0.1) is 0 Å². The molecule has 1 unspecified atom stereocenters. The molecule has 2 aliphatic rings. The topological polar surface area (TPSA) is 15.7 Å². The largest absolute Gasteiger partial charge is 0.371 e. The molecule has 0 aromatic heterocycles. The molecule has 2 aliphatic heterocycles. The van der Waals surface area contributed by atoms with Crippen LogP contribution in [0, 0.1) is 0 Å². The Morgan fingerprint density at radius 2 is 2.13 bits per heavy atom. The highest BCUT2D eigenvalue weighted by Gasteiger charge is 2.39. The number of likely N-dealkylation sites (N-methyl/N-ethyl adjacent to an activating group) is 1. The van der Waals surface area contributed by atoms with Gasteiger partial charge in [0, 0.05) is 19.6 Å². The Hall–Kier alpha value is -0.120. The molecule has 1 atom stereocenters. The predicted molar refractivity (Wildman–Crippen MR) is 62.1 cm³/mol. The molecule has 2 saturated heterocycles. The second-order valence-corrected chi connectivity index (χ2v) is 5.15. The van der Waals surface area contributed by atoms with E-state index in [4.69, 9.17) is 4.74 Å². The molecule has 3 nitrogen and oxygen atoms in total. The highest BCUT2D eigenvalue weighted by Crippen LogP contribution is 2.28. The van der Waals surface area contributed by atoms with Crippen molar-refractivity contribution >= 4 is 0 Å². The van der Waals surface area contributed by atoms with Gasteiger partial charge < -0.3 is 14.5 Å². The fourth-order valence-corrected chi connectivity index (χ4v) is 2.98. The number of piperidine rings is 1. The van der Waals surface area contributed by atoms with Crippen LogP contribution < -0.4 is 0 Å². The highest BCUT2D eigenvalue weighted by molar-refractivity contribution is 4.93. The van der Waals surface area contributed by atoms with Crippen LogP contribution in [-0.4, -0.2) is 61.8 Å². The van der Waals surface area contributed by atoms with Crippen molar-refractivity contribution in [2.75, 3.05) is 46.4 Å². The molecule has 15 heavy (non-hydrogen) atoms. The molecule has 1 spiro atoms. The highest BCUT2D eigenvalue weighted by atomic mass is 16.5. The van der Waals surface area contributed by atoms with Crippen molar-refractivity contribution in [3.05, 3.63) is 0 Å². The van der Waals surface area contributed by atoms with Crippen molar-refractivity contribution in [3.63, 3.8) is 0 Å². The molecule has 88 valence electrons. The Bertz CT molecular complexity index is 204. The first kappa shape index (κ1) is 11.4. The van der Waals surface area contributed by atoms with Gasteiger partial charge in [-0.3, -0.25) is 0 Å². The zero-order chi connectivity index (χ0) is 10.7. The summed E-state index contributed by atoms with van der Waals surface area (Å²) in [5.41, 5.74) is 0.153. The zero-order valence-corrected chi connectivity index (χ0v) is 10.2. The smallest absolute Gasteiger partial charge is 0.0935 e. The molecule has 3 heteroatoms. The van der Waals surface area contributed by atoms with Crippen LogP contribution in [-0.2, 0) is 4.74 Å². The van der Waals surface area contributed by atoms with E-state index >= 15 is 0 Å². The van der Waals surface area contributed by atoms with Gasteiger partial charge in [0.2, 0.25) is 0 Å². The van der Waals surface area contributed by atoms with Gasteiger partial charge in [-0.05, 0) is 39.4 Å². The molecule has 2 heterocycles. The first-order chi connectivity index (χ1) is 7.24. The summed E-state index contributed by atoms with van der Waals surface area (Å²) in [5.74, 6) is 0. The number of nitrogens with zero attached hydrogens (tertiary/aromatic N) is 2. The molecule has 0 radical (unpaired) electrons. The predicted octanol–water partition coefficient (Wildman–Crippen LogP) is 1.19. The summed E-state index contributed by atoms with van der Waals surface area (Å²) in [5, 5.41) is 0. The number of ether oxygens (including phenoxy) is 1. The third-order valence-corrected chi connectivity index (χ3v) is 3.60. The lowest BCUT2D eigenvalue weighted by molar-refractivity contribution is -0.135. The van der Waals surface area contributed by atoms with Gasteiger partial charge in [0.1, 0.15) is 0 Å². The van der Waals surface area contributed by atoms with Crippen molar-refractivity contribution < 1.29 is 4.74 Å². The van der Waals surface area contributed by atoms with Gasteiger partial charge in [0.25, 0.3) is 0 Å². The lowest BCUT2D eigenvalue weighted by atomic mass is 9.91. The lowest BCUT2D eigenvalue weighted by Crippen LogP contribution is -2.58. The average molecular weight is 212 g/mol. The van der Waals surface area contributed by atoms with E-state index in [1.54, 1.807) is 0 Å². The van der Waals surface area contributed by atoms with Crippen molar-refractivity contribution in [1.82, 2.24) is 9.80 Å². The quantitative estimate of drug-likeness (QED) is 0.684. The summed E-state index contributed by atoms with van der Waals surface area (Å²) in [6.45, 7) is 9.02. The maximum Gasteiger partial charge on any atom is 0.0935 e. The van der Waals surface area contributed by atoms with Crippen LogP contribution in [0.15, 0.2) is 0 Å². The second kappa shape index (κ2) is 4.81. The fourth-order valence-electron chi connectivity index (χ4n) is 2.98. The summed E-state index contributed by atoms with van der Waals surface area (Å²) >= 11 is 0. The number of hydrogen-bond donors (Lipinski definition) is 0. The standard InChI is InChI=1S/C12H24N2O/c1-3-6-14-7-4-5-12(11-14)10-13(2)8-9-15-12/h3-11H2,1-2H3. The number of rotatable bonds is 2. The molecule has 0 saturated carbocycles. The molecule has 2 fully saturated rings. The normalized spacial score (nSPS) is 34.8. The SMILES string of the molecule is CCCN1CCCC2(CN(C)CCO2)C1. The van der Waals surface area contributed by atoms with E-state index in [-0.39, 0.29) is 5.60 Å². The molecule has 0 amide bonds. The van der Waals surface area contributed by atoms with E-state index in [0.717, 1.165) is 26.2 Å². The fraction of sp³-hybridized carbons (Fsp3) is 1.00. The first-order valence-corrected chi connectivity index (χ1v) is 6.29. The second-order valence-electron chi connectivity index (χ2n) is 5.15. The molecule has 0 bridgehead atoms. The third kappa shape index (κ3) is 2.71. The monoisotopic (exact) mass is 212 g/mol. The molecule has 0 aliphatic carbocycles. The Kier molecular flexibility index (Phi) is 3.65. The Morgan fingerprint density at radius 3 is 2.87 bits per heavy atom. The van der Waals surface area contributed by atoms with Crippen LogP contribution in [0.1, 0.15) is 26.2 Å². The van der Waals surface area contributed by atoms with Crippen molar-refractivity contribution in [1.29, 1.82) is 0 Å². The van der Waals surface area contributed by atoms with Gasteiger partial charge in [-0.2, -0.15) is 0 Å². The van der Waals surface area contributed by atoms with Crippen LogP contribution in [0.4, 0.5) is 0 Å². The Labute approximate surface area is 93.4 Å². The zero-order valence-electron chi connectivity index (χ0n) is 10.2. The molecule has 2 rings (SSSR count). The third-order valence-electron chi connectivity index (χ3n) is 3.60. The van der Waals surface area contributed by atoms with Crippen LogP contribution in [0.3, 0.4) is 0 Å². The molecular formula is C12H24N2O. The number of hydrogen-bond acceptors (Lipinski definition) is 3. The van der Waals surface area contributed by atoms with Crippen molar-refractivity contribution in [2.24, 2.45) is 0 Å². The van der Waals surface area contributed by atoms with Crippen molar-refractivity contribution in [3.8, 4) is 0 Å². The van der Waals surface area contributed by atoms with Gasteiger partial charge >= 0.3 is 0 Å². The average Bonchev–Trinajstić information content (AvgIpc) is 2.17. The maximum absolute atomic E-state index is 6.07. The van der Waals surface area contributed by atoms with Gasteiger partial charge in [0.15, 0.2) is 0 Å². The van der Waals surface area contributed by atoms with E-state index in [1.165, 1.54) is 32.4 Å². The first-order valence-electron chi connectivity index (χ1n) is 6.29. The van der Waals surface area contributed by atoms with Crippen LogP contribution >= 0.6 is 0 Å². The minimum Gasteiger partial charge on any atom is -0.371 e. The van der Waals surface area contributed by atoms with E-state index in [0.29, 0.717) is 0 Å². The summed E-state index contributed by atoms with van der Waals surface area (Å²) in [6.07, 6.45) is 3.80. The minimum absolute atomic E-state index is 0.153. The van der Waals surface area contributed by atoms with Crippen LogP contribution in [0.25, 0.3) is 0 Å². The summed E-state index contributed by atoms with van der Waals surface area (Å²) < 4.78 is 6.07. The number of likely N-dealkylation sites (tertiary alicyclic amines) is 1. The maximum atomic E-state index is 6.07.